The number of sulfonamides is 1. The van der Waals surface area contributed by atoms with Crippen molar-refractivity contribution < 1.29 is 22.7 Å². The summed E-state index contributed by atoms with van der Waals surface area (Å²) in [4.78, 5) is 12.6. The van der Waals surface area contributed by atoms with Gasteiger partial charge in [-0.05, 0) is 60.7 Å². The highest BCUT2D eigenvalue weighted by molar-refractivity contribution is 9.10. The number of anilines is 2. The highest BCUT2D eigenvalue weighted by Gasteiger charge is 2.17. The summed E-state index contributed by atoms with van der Waals surface area (Å²) in [6, 6.07) is 17.7. The maximum Gasteiger partial charge on any atom is 0.261 e. The number of fused-ring (bicyclic) bond motifs is 1. The lowest BCUT2D eigenvalue weighted by atomic mass is 10.1. The van der Waals surface area contributed by atoms with E-state index in [0.29, 0.717) is 41.7 Å². The monoisotopic (exact) mass is 488 g/mol. The molecule has 4 rings (SSSR count). The van der Waals surface area contributed by atoms with Crippen molar-refractivity contribution >= 4 is 43.2 Å². The van der Waals surface area contributed by atoms with Gasteiger partial charge in [-0.3, -0.25) is 9.52 Å². The molecule has 0 unspecified atom stereocenters. The minimum atomic E-state index is -3.81. The largest absolute Gasteiger partial charge is 0.486 e. The van der Waals surface area contributed by atoms with E-state index in [2.05, 4.69) is 26.0 Å². The molecule has 0 atom stereocenters. The number of benzene rings is 3. The molecule has 0 fully saturated rings. The van der Waals surface area contributed by atoms with Crippen LogP contribution in [0, 0.1) is 0 Å². The van der Waals surface area contributed by atoms with Crippen molar-refractivity contribution in [2.75, 3.05) is 23.3 Å². The first-order valence-electron chi connectivity index (χ1n) is 9.00. The molecule has 0 bridgehead atoms. The summed E-state index contributed by atoms with van der Waals surface area (Å²) in [5.41, 5.74) is 1.16. The summed E-state index contributed by atoms with van der Waals surface area (Å²) in [5, 5.41) is 2.72. The second kappa shape index (κ2) is 8.37. The van der Waals surface area contributed by atoms with Crippen LogP contribution in [0.5, 0.6) is 11.5 Å². The number of rotatable bonds is 5. The Morgan fingerprint density at radius 3 is 2.37 bits per heavy atom. The van der Waals surface area contributed by atoms with E-state index in [1.54, 1.807) is 54.6 Å². The van der Waals surface area contributed by atoms with Crippen molar-refractivity contribution in [3.63, 3.8) is 0 Å². The van der Waals surface area contributed by atoms with E-state index in [9.17, 15) is 13.2 Å². The molecule has 1 amide bonds. The molecule has 1 aliphatic rings. The molecular weight excluding hydrogens is 472 g/mol. The van der Waals surface area contributed by atoms with Crippen molar-refractivity contribution in [3.8, 4) is 11.5 Å². The predicted octanol–water partition coefficient (Wildman–Crippen LogP) is 4.27. The van der Waals surface area contributed by atoms with E-state index < -0.39 is 10.0 Å². The lowest BCUT2D eigenvalue weighted by Gasteiger charge is -2.18. The molecule has 0 radical (unpaired) electrons. The minimum absolute atomic E-state index is 0.0328. The molecule has 0 aromatic heterocycles. The van der Waals surface area contributed by atoms with Gasteiger partial charge in [0.15, 0.2) is 11.5 Å². The Kier molecular flexibility index (Phi) is 5.65. The molecule has 7 nitrogen and oxygen atoms in total. The highest BCUT2D eigenvalue weighted by atomic mass is 79.9. The van der Waals surface area contributed by atoms with Gasteiger partial charge in [0.25, 0.3) is 15.9 Å². The van der Waals surface area contributed by atoms with E-state index in [1.807, 2.05) is 0 Å². The maximum absolute atomic E-state index is 12.7. The number of amides is 1. The van der Waals surface area contributed by atoms with Crippen LogP contribution in [0.2, 0.25) is 0 Å². The highest BCUT2D eigenvalue weighted by Crippen LogP contribution is 2.31. The lowest BCUT2D eigenvalue weighted by Crippen LogP contribution is -2.17. The van der Waals surface area contributed by atoms with Gasteiger partial charge in [0.1, 0.15) is 13.2 Å². The van der Waals surface area contributed by atoms with E-state index in [4.69, 9.17) is 9.47 Å². The zero-order chi connectivity index (χ0) is 21.1. The topological polar surface area (TPSA) is 93.7 Å². The molecule has 3 aromatic carbocycles. The zero-order valence-corrected chi connectivity index (χ0v) is 18.0. The number of carbonyl (C=O) groups excluding carboxylic acids is 1. The zero-order valence-electron chi connectivity index (χ0n) is 15.6. The van der Waals surface area contributed by atoms with E-state index in [-0.39, 0.29) is 10.8 Å². The number of carbonyl (C=O) groups is 1. The summed E-state index contributed by atoms with van der Waals surface area (Å²) in [6.45, 7) is 0.886. The summed E-state index contributed by atoms with van der Waals surface area (Å²) >= 11 is 3.31. The van der Waals surface area contributed by atoms with Crippen molar-refractivity contribution in [1.29, 1.82) is 0 Å². The predicted molar refractivity (Wildman–Crippen MR) is 117 cm³/mol. The van der Waals surface area contributed by atoms with Gasteiger partial charge in [-0.2, -0.15) is 0 Å². The van der Waals surface area contributed by atoms with Crippen LogP contribution in [-0.2, 0) is 10.0 Å². The molecule has 3 aromatic rings. The first-order chi connectivity index (χ1) is 14.4. The molecule has 0 saturated heterocycles. The average Bonchev–Trinajstić information content (AvgIpc) is 2.75. The van der Waals surface area contributed by atoms with Crippen LogP contribution < -0.4 is 19.5 Å². The van der Waals surface area contributed by atoms with Crippen LogP contribution in [0.4, 0.5) is 11.4 Å². The van der Waals surface area contributed by atoms with Gasteiger partial charge in [-0.1, -0.05) is 22.0 Å². The van der Waals surface area contributed by atoms with Crippen LogP contribution in [0.15, 0.2) is 76.1 Å². The van der Waals surface area contributed by atoms with Gasteiger partial charge in [-0.25, -0.2) is 8.42 Å². The number of ether oxygens (including phenoxy) is 2. The molecule has 1 aliphatic heterocycles. The van der Waals surface area contributed by atoms with Gasteiger partial charge in [0, 0.05) is 21.4 Å². The van der Waals surface area contributed by atoms with Crippen molar-refractivity contribution in [2.24, 2.45) is 0 Å². The molecule has 154 valence electrons. The van der Waals surface area contributed by atoms with E-state index in [1.165, 1.54) is 12.1 Å². The SMILES string of the molecule is O=C(Nc1cccc(S(=O)(=O)Nc2ccc(Br)cc2)c1)c1ccc2c(c1)OCCO2. The molecule has 2 N–H and O–H groups in total. The Morgan fingerprint density at radius 2 is 1.60 bits per heavy atom. The summed E-state index contributed by atoms with van der Waals surface area (Å²) in [6.07, 6.45) is 0. The Morgan fingerprint density at radius 1 is 0.867 bits per heavy atom. The Labute approximate surface area is 182 Å². The van der Waals surface area contributed by atoms with Crippen LogP contribution in [0.25, 0.3) is 0 Å². The first kappa shape index (κ1) is 20.2. The molecule has 9 heteroatoms. The first-order valence-corrected chi connectivity index (χ1v) is 11.3. The fourth-order valence-electron chi connectivity index (χ4n) is 2.86. The second-order valence-corrected chi connectivity index (χ2v) is 9.05. The standard InChI is InChI=1S/C21H17BrN2O5S/c22-15-5-7-16(8-6-15)24-30(26,27)18-3-1-2-17(13-18)23-21(25)14-4-9-19-20(12-14)29-11-10-28-19/h1-9,12-13,24H,10-11H2,(H,23,25). The molecular formula is C21H17BrN2O5S. The number of halogens is 1. The van der Waals surface area contributed by atoms with Crippen molar-refractivity contribution in [1.82, 2.24) is 0 Å². The maximum atomic E-state index is 12.7. The lowest BCUT2D eigenvalue weighted by molar-refractivity contribution is 0.102. The van der Waals surface area contributed by atoms with Gasteiger partial charge in [0.05, 0.1) is 4.90 Å². The van der Waals surface area contributed by atoms with Crippen molar-refractivity contribution in [2.45, 2.75) is 4.90 Å². The third-order valence-corrected chi connectivity index (χ3v) is 6.21. The molecule has 30 heavy (non-hydrogen) atoms. The van der Waals surface area contributed by atoms with E-state index >= 15 is 0 Å². The van der Waals surface area contributed by atoms with E-state index in [0.717, 1.165) is 4.47 Å². The number of hydrogen-bond acceptors (Lipinski definition) is 5. The Hall–Kier alpha value is -3.04. The average molecular weight is 489 g/mol. The Bertz CT molecular complexity index is 1200. The molecule has 1 heterocycles. The quantitative estimate of drug-likeness (QED) is 0.559. The fourth-order valence-corrected chi connectivity index (χ4v) is 4.23. The van der Waals surface area contributed by atoms with Gasteiger partial charge >= 0.3 is 0 Å². The minimum Gasteiger partial charge on any atom is -0.486 e. The van der Waals surface area contributed by atoms with Crippen LogP contribution >= 0.6 is 15.9 Å². The van der Waals surface area contributed by atoms with Gasteiger partial charge < -0.3 is 14.8 Å². The van der Waals surface area contributed by atoms with Crippen LogP contribution in [0.1, 0.15) is 10.4 Å². The normalized spacial score (nSPS) is 12.8. The second-order valence-electron chi connectivity index (χ2n) is 6.45. The molecule has 0 spiro atoms. The third-order valence-electron chi connectivity index (χ3n) is 4.30. The smallest absolute Gasteiger partial charge is 0.261 e. The van der Waals surface area contributed by atoms with Gasteiger partial charge in [-0.15, -0.1) is 0 Å². The summed E-state index contributed by atoms with van der Waals surface area (Å²) in [7, 11) is -3.81. The van der Waals surface area contributed by atoms with Crippen LogP contribution in [-0.4, -0.2) is 27.5 Å². The third kappa shape index (κ3) is 4.58. The number of nitrogens with one attached hydrogen (secondary N) is 2. The summed E-state index contributed by atoms with van der Waals surface area (Å²) in [5.74, 6) is 0.705. The number of hydrogen-bond donors (Lipinski definition) is 2. The fraction of sp³-hybridized carbons (Fsp3) is 0.0952. The molecule has 0 aliphatic carbocycles. The van der Waals surface area contributed by atoms with Gasteiger partial charge in [0.2, 0.25) is 0 Å². The molecule has 0 saturated carbocycles. The summed E-state index contributed by atoms with van der Waals surface area (Å²) < 4.78 is 39.7. The van der Waals surface area contributed by atoms with Crippen molar-refractivity contribution in [3.05, 3.63) is 76.8 Å². The van der Waals surface area contributed by atoms with Crippen LogP contribution in [0.3, 0.4) is 0 Å². The Balaban J connectivity index is 1.51.